The zero-order chi connectivity index (χ0) is 23.7. The minimum absolute atomic E-state index is 0.165. The van der Waals surface area contributed by atoms with E-state index >= 15 is 0 Å². The molecule has 0 spiro atoms. The van der Waals surface area contributed by atoms with E-state index in [0.29, 0.717) is 46.5 Å². The van der Waals surface area contributed by atoms with Crippen LogP contribution in [0.4, 0.5) is 5.69 Å². The molecular formula is C26H23N3O4S. The second kappa shape index (κ2) is 9.23. The Balaban J connectivity index is 1.47. The maximum absolute atomic E-state index is 13.5. The molecule has 0 saturated heterocycles. The Bertz CT molecular complexity index is 1450. The number of anilines is 1. The van der Waals surface area contributed by atoms with E-state index in [4.69, 9.17) is 14.5 Å². The van der Waals surface area contributed by atoms with Gasteiger partial charge in [-0.15, -0.1) is 0 Å². The Morgan fingerprint density at radius 1 is 1.03 bits per heavy atom. The number of carbonyl (C=O) groups excluding carboxylic acids is 1. The molecule has 1 amide bonds. The van der Waals surface area contributed by atoms with Crippen LogP contribution in [-0.4, -0.2) is 33.9 Å². The van der Waals surface area contributed by atoms with Crippen LogP contribution in [-0.2, 0) is 4.79 Å². The summed E-state index contributed by atoms with van der Waals surface area (Å²) in [5.41, 5.74) is 2.73. The highest BCUT2D eigenvalue weighted by Gasteiger charge is 2.22. The lowest BCUT2D eigenvalue weighted by molar-refractivity contribution is -0.115. The molecule has 8 heteroatoms. The maximum atomic E-state index is 13.5. The molecule has 0 saturated carbocycles. The Morgan fingerprint density at radius 2 is 1.76 bits per heavy atom. The van der Waals surface area contributed by atoms with Gasteiger partial charge in [0.2, 0.25) is 5.91 Å². The molecule has 1 aliphatic rings. The number of hydrogen-bond donors (Lipinski definition) is 1. The first-order valence-corrected chi connectivity index (χ1v) is 11.8. The number of amides is 1. The highest BCUT2D eigenvalue weighted by molar-refractivity contribution is 8.00. The summed E-state index contributed by atoms with van der Waals surface area (Å²) in [4.78, 5) is 31.2. The molecule has 34 heavy (non-hydrogen) atoms. The van der Waals surface area contributed by atoms with Crippen molar-refractivity contribution in [1.29, 1.82) is 0 Å². The number of nitrogens with one attached hydrogen (secondary N) is 1. The van der Waals surface area contributed by atoms with Gasteiger partial charge in [-0.3, -0.25) is 14.2 Å². The van der Waals surface area contributed by atoms with Crippen LogP contribution in [0.25, 0.3) is 16.6 Å². The highest BCUT2D eigenvalue weighted by Crippen LogP contribution is 2.33. The van der Waals surface area contributed by atoms with Gasteiger partial charge in [-0.25, -0.2) is 4.98 Å². The number of ether oxygens (including phenoxy) is 2. The van der Waals surface area contributed by atoms with Gasteiger partial charge in [0.25, 0.3) is 5.56 Å². The van der Waals surface area contributed by atoms with E-state index < -0.39 is 5.25 Å². The van der Waals surface area contributed by atoms with Crippen LogP contribution < -0.4 is 20.3 Å². The third-order valence-electron chi connectivity index (χ3n) is 5.56. The number of aromatic nitrogens is 2. The van der Waals surface area contributed by atoms with Crippen molar-refractivity contribution < 1.29 is 14.3 Å². The zero-order valence-corrected chi connectivity index (χ0v) is 19.6. The van der Waals surface area contributed by atoms with Crippen LogP contribution in [0.1, 0.15) is 12.5 Å². The van der Waals surface area contributed by atoms with Gasteiger partial charge in [0.05, 0.1) is 21.8 Å². The van der Waals surface area contributed by atoms with Crippen LogP contribution >= 0.6 is 11.8 Å². The molecule has 3 aromatic carbocycles. The Kier molecular flexibility index (Phi) is 5.98. The lowest BCUT2D eigenvalue weighted by Gasteiger charge is -2.20. The van der Waals surface area contributed by atoms with Crippen LogP contribution in [0.5, 0.6) is 11.5 Å². The highest BCUT2D eigenvalue weighted by atomic mass is 32.2. The lowest BCUT2D eigenvalue weighted by atomic mass is 10.2. The predicted molar refractivity (Wildman–Crippen MR) is 133 cm³/mol. The van der Waals surface area contributed by atoms with Crippen LogP contribution in [0, 0.1) is 6.92 Å². The molecule has 4 aromatic rings. The van der Waals surface area contributed by atoms with Crippen molar-refractivity contribution in [3.8, 4) is 17.2 Å². The van der Waals surface area contributed by atoms with Crippen molar-refractivity contribution in [2.75, 3.05) is 18.5 Å². The normalized spacial score (nSPS) is 13.5. The molecule has 1 unspecified atom stereocenters. The molecule has 1 atom stereocenters. The average molecular weight is 474 g/mol. The van der Waals surface area contributed by atoms with Gasteiger partial charge in [-0.1, -0.05) is 42.1 Å². The number of aryl methyl sites for hydroxylation is 1. The Morgan fingerprint density at radius 3 is 2.59 bits per heavy atom. The summed E-state index contributed by atoms with van der Waals surface area (Å²) in [5, 5.41) is 3.40. The van der Waals surface area contributed by atoms with E-state index in [1.807, 2.05) is 49.4 Å². The summed E-state index contributed by atoms with van der Waals surface area (Å²) in [6, 6.07) is 20.2. The predicted octanol–water partition coefficient (Wildman–Crippen LogP) is 4.58. The van der Waals surface area contributed by atoms with Crippen molar-refractivity contribution in [2.24, 2.45) is 0 Å². The van der Waals surface area contributed by atoms with Gasteiger partial charge < -0.3 is 14.8 Å². The number of benzene rings is 3. The second-order valence-electron chi connectivity index (χ2n) is 7.95. The standard InChI is InChI=1S/C26H23N3O4S/c1-16-7-3-6-10-21(16)29-25(31)19-8-4-5-9-20(19)28-26(29)34-17(2)24(30)27-18-11-12-22-23(15-18)33-14-13-32-22/h3-12,15,17H,13-14H2,1-2H3,(H,27,30). The molecule has 1 aromatic heterocycles. The van der Waals surface area contributed by atoms with Gasteiger partial charge in [0.15, 0.2) is 16.7 Å². The zero-order valence-electron chi connectivity index (χ0n) is 18.8. The number of para-hydroxylation sites is 2. The molecule has 0 radical (unpaired) electrons. The second-order valence-corrected chi connectivity index (χ2v) is 9.25. The van der Waals surface area contributed by atoms with Crippen molar-refractivity contribution in [1.82, 2.24) is 9.55 Å². The largest absolute Gasteiger partial charge is 0.486 e. The molecule has 5 rings (SSSR count). The molecule has 2 heterocycles. The minimum atomic E-state index is -0.517. The molecule has 7 nitrogen and oxygen atoms in total. The molecule has 0 aliphatic carbocycles. The number of rotatable bonds is 5. The minimum Gasteiger partial charge on any atom is -0.486 e. The summed E-state index contributed by atoms with van der Waals surface area (Å²) in [6.07, 6.45) is 0. The maximum Gasteiger partial charge on any atom is 0.266 e. The van der Waals surface area contributed by atoms with E-state index in [1.165, 1.54) is 11.8 Å². The number of fused-ring (bicyclic) bond motifs is 2. The molecule has 172 valence electrons. The van der Waals surface area contributed by atoms with E-state index in [0.717, 1.165) is 11.3 Å². The van der Waals surface area contributed by atoms with Crippen LogP contribution in [0.3, 0.4) is 0 Å². The third kappa shape index (κ3) is 4.24. The summed E-state index contributed by atoms with van der Waals surface area (Å²) in [6.45, 7) is 4.72. The van der Waals surface area contributed by atoms with E-state index in [2.05, 4.69) is 5.32 Å². The van der Waals surface area contributed by atoms with E-state index in [-0.39, 0.29) is 11.5 Å². The van der Waals surface area contributed by atoms with Crippen molar-refractivity contribution in [3.63, 3.8) is 0 Å². The monoisotopic (exact) mass is 473 g/mol. The molecule has 1 aliphatic heterocycles. The fourth-order valence-electron chi connectivity index (χ4n) is 3.79. The first-order chi connectivity index (χ1) is 16.5. The topological polar surface area (TPSA) is 82.5 Å². The van der Waals surface area contributed by atoms with Gasteiger partial charge in [-0.2, -0.15) is 0 Å². The summed E-state index contributed by atoms with van der Waals surface area (Å²) < 4.78 is 12.7. The van der Waals surface area contributed by atoms with Crippen LogP contribution in [0.15, 0.2) is 76.7 Å². The van der Waals surface area contributed by atoms with Gasteiger partial charge in [0, 0.05) is 11.8 Å². The molecule has 0 fully saturated rings. The van der Waals surface area contributed by atoms with Crippen molar-refractivity contribution in [2.45, 2.75) is 24.3 Å². The SMILES string of the molecule is Cc1ccccc1-n1c(SC(C)C(=O)Nc2ccc3c(c2)OCCO3)nc2ccccc2c1=O. The summed E-state index contributed by atoms with van der Waals surface area (Å²) in [7, 11) is 0. The fourth-order valence-corrected chi connectivity index (χ4v) is 4.71. The Labute approximate surface area is 200 Å². The molecule has 0 bridgehead atoms. The lowest BCUT2D eigenvalue weighted by Crippen LogP contribution is -2.26. The number of nitrogens with zero attached hydrogens (tertiary/aromatic N) is 2. The van der Waals surface area contributed by atoms with Gasteiger partial charge >= 0.3 is 0 Å². The number of thioether (sulfide) groups is 1. The number of carbonyl (C=O) groups is 1. The van der Waals surface area contributed by atoms with E-state index in [1.54, 1.807) is 35.8 Å². The Hall–Kier alpha value is -3.78. The fraction of sp³-hybridized carbons (Fsp3) is 0.192. The first kappa shape index (κ1) is 22.0. The van der Waals surface area contributed by atoms with Gasteiger partial charge in [0.1, 0.15) is 13.2 Å². The van der Waals surface area contributed by atoms with Crippen molar-refractivity contribution in [3.05, 3.63) is 82.6 Å². The quantitative estimate of drug-likeness (QED) is 0.337. The van der Waals surface area contributed by atoms with Crippen LogP contribution in [0.2, 0.25) is 0 Å². The molecular weight excluding hydrogens is 450 g/mol. The number of hydrogen-bond acceptors (Lipinski definition) is 6. The van der Waals surface area contributed by atoms with Crippen molar-refractivity contribution >= 4 is 34.3 Å². The summed E-state index contributed by atoms with van der Waals surface area (Å²) >= 11 is 1.24. The average Bonchev–Trinajstić information content (AvgIpc) is 2.85. The first-order valence-electron chi connectivity index (χ1n) is 11.0. The smallest absolute Gasteiger partial charge is 0.266 e. The summed E-state index contributed by atoms with van der Waals surface area (Å²) in [5.74, 6) is 1.06. The molecule has 1 N–H and O–H groups in total. The third-order valence-corrected chi connectivity index (χ3v) is 6.61. The van der Waals surface area contributed by atoms with E-state index in [9.17, 15) is 9.59 Å². The van der Waals surface area contributed by atoms with Gasteiger partial charge in [-0.05, 0) is 49.7 Å².